The van der Waals surface area contributed by atoms with E-state index >= 15 is 0 Å². The number of rotatable bonds is 5. The molecule has 2 fully saturated rings. The molecule has 0 N–H and O–H groups in total. The van der Waals surface area contributed by atoms with Crippen LogP contribution in [0.2, 0.25) is 0 Å². The molecule has 166 valence electrons. The Bertz CT molecular complexity index is 1000. The summed E-state index contributed by atoms with van der Waals surface area (Å²) in [5.74, 6) is 1.66. The van der Waals surface area contributed by atoms with Crippen LogP contribution in [0.4, 0.5) is 6.01 Å². The number of anilines is 1. The van der Waals surface area contributed by atoms with Gasteiger partial charge in [0, 0.05) is 37.7 Å². The van der Waals surface area contributed by atoms with Crippen LogP contribution in [-0.4, -0.2) is 47.2 Å². The van der Waals surface area contributed by atoms with Gasteiger partial charge in [0.1, 0.15) is 0 Å². The standard InChI is InChI=1S/C26H30N4O2/c31-25(29-15-11-21(12-16-29)19-20-7-3-1-4-8-20)23-13-17-30(18-14-23)26-28-27-24(32-26)22-9-5-2-6-10-22/h1-10,21,23H,11-19H2. The zero-order chi connectivity index (χ0) is 21.8. The van der Waals surface area contributed by atoms with Gasteiger partial charge < -0.3 is 14.2 Å². The van der Waals surface area contributed by atoms with Crippen molar-refractivity contribution < 1.29 is 9.21 Å². The third-order valence-corrected chi connectivity index (χ3v) is 6.84. The largest absolute Gasteiger partial charge is 0.403 e. The lowest BCUT2D eigenvalue weighted by Gasteiger charge is -2.37. The van der Waals surface area contributed by atoms with Crippen molar-refractivity contribution >= 4 is 11.9 Å². The summed E-state index contributed by atoms with van der Waals surface area (Å²) in [5.41, 5.74) is 2.33. The summed E-state index contributed by atoms with van der Waals surface area (Å²) in [7, 11) is 0. The maximum Gasteiger partial charge on any atom is 0.318 e. The average molecular weight is 431 g/mol. The number of benzene rings is 2. The van der Waals surface area contributed by atoms with E-state index in [1.54, 1.807) is 0 Å². The Hall–Kier alpha value is -3.15. The molecule has 5 rings (SSSR count). The summed E-state index contributed by atoms with van der Waals surface area (Å²) in [6.45, 7) is 3.33. The minimum atomic E-state index is 0.105. The van der Waals surface area contributed by atoms with Gasteiger partial charge in [-0.15, -0.1) is 5.10 Å². The van der Waals surface area contributed by atoms with Gasteiger partial charge >= 0.3 is 6.01 Å². The Morgan fingerprint density at radius 3 is 2.19 bits per heavy atom. The van der Waals surface area contributed by atoms with E-state index in [-0.39, 0.29) is 5.92 Å². The van der Waals surface area contributed by atoms with Gasteiger partial charge in [-0.2, -0.15) is 0 Å². The van der Waals surface area contributed by atoms with E-state index in [1.165, 1.54) is 5.56 Å². The molecule has 1 amide bonds. The molecule has 0 unspecified atom stereocenters. The summed E-state index contributed by atoms with van der Waals surface area (Å²) in [5, 5.41) is 8.43. The van der Waals surface area contributed by atoms with Crippen LogP contribution < -0.4 is 4.90 Å². The first-order valence-corrected chi connectivity index (χ1v) is 11.7. The van der Waals surface area contributed by atoms with Crippen LogP contribution in [0.5, 0.6) is 0 Å². The van der Waals surface area contributed by atoms with Crippen molar-refractivity contribution in [3.05, 3.63) is 66.2 Å². The molecule has 2 aromatic carbocycles. The Balaban J connectivity index is 1.10. The Morgan fingerprint density at radius 1 is 0.844 bits per heavy atom. The normalized spacial score (nSPS) is 18.1. The van der Waals surface area contributed by atoms with Crippen LogP contribution in [-0.2, 0) is 11.2 Å². The number of piperidine rings is 2. The fraction of sp³-hybridized carbons (Fsp3) is 0.423. The summed E-state index contributed by atoms with van der Waals surface area (Å²) >= 11 is 0. The highest BCUT2D eigenvalue weighted by molar-refractivity contribution is 5.79. The van der Waals surface area contributed by atoms with Gasteiger partial charge in [-0.1, -0.05) is 53.6 Å². The minimum Gasteiger partial charge on any atom is -0.403 e. The lowest BCUT2D eigenvalue weighted by molar-refractivity contribution is -0.137. The molecule has 32 heavy (non-hydrogen) atoms. The fourth-order valence-corrected chi connectivity index (χ4v) is 4.92. The van der Waals surface area contributed by atoms with Crippen LogP contribution in [0.15, 0.2) is 65.1 Å². The third kappa shape index (κ3) is 4.69. The predicted octanol–water partition coefficient (Wildman–Crippen LogP) is 4.43. The molecule has 0 saturated carbocycles. The first-order valence-electron chi connectivity index (χ1n) is 11.7. The number of amides is 1. The van der Waals surface area contributed by atoms with Crippen molar-refractivity contribution in [1.82, 2.24) is 15.1 Å². The van der Waals surface area contributed by atoms with Crippen molar-refractivity contribution in [2.75, 3.05) is 31.1 Å². The highest BCUT2D eigenvalue weighted by Gasteiger charge is 2.32. The van der Waals surface area contributed by atoms with Crippen molar-refractivity contribution in [3.8, 4) is 11.5 Å². The van der Waals surface area contributed by atoms with Crippen LogP contribution >= 0.6 is 0 Å². The van der Waals surface area contributed by atoms with Crippen LogP contribution in [0.1, 0.15) is 31.2 Å². The lowest BCUT2D eigenvalue weighted by Crippen LogP contribution is -2.45. The molecular weight excluding hydrogens is 400 g/mol. The van der Waals surface area contributed by atoms with Crippen LogP contribution in [0.25, 0.3) is 11.5 Å². The SMILES string of the molecule is O=C(C1CCN(c2nnc(-c3ccccc3)o2)CC1)N1CCC(Cc2ccccc2)CC1. The first-order chi connectivity index (χ1) is 15.8. The van der Waals surface area contributed by atoms with Crippen molar-refractivity contribution in [1.29, 1.82) is 0 Å². The van der Waals surface area contributed by atoms with Crippen LogP contribution in [0.3, 0.4) is 0 Å². The molecule has 2 saturated heterocycles. The van der Waals surface area contributed by atoms with Crippen molar-refractivity contribution in [2.24, 2.45) is 11.8 Å². The zero-order valence-corrected chi connectivity index (χ0v) is 18.4. The second kappa shape index (κ2) is 9.55. The number of hydrogen-bond donors (Lipinski definition) is 0. The molecule has 3 heterocycles. The van der Waals surface area contributed by atoms with Crippen molar-refractivity contribution in [3.63, 3.8) is 0 Å². The molecule has 6 heteroatoms. The first kappa shape index (κ1) is 20.7. The summed E-state index contributed by atoms with van der Waals surface area (Å²) < 4.78 is 5.89. The zero-order valence-electron chi connectivity index (χ0n) is 18.4. The molecule has 1 aromatic heterocycles. The molecule has 2 aliphatic rings. The third-order valence-electron chi connectivity index (χ3n) is 6.84. The van der Waals surface area contributed by atoms with Gasteiger partial charge in [-0.05, 0) is 55.7 Å². The number of hydrogen-bond acceptors (Lipinski definition) is 5. The molecule has 0 spiro atoms. The summed E-state index contributed by atoms with van der Waals surface area (Å²) in [6.07, 6.45) is 5.00. The van der Waals surface area contributed by atoms with E-state index in [9.17, 15) is 4.79 Å². The Kier molecular flexibility index (Phi) is 6.19. The molecule has 0 atom stereocenters. The minimum absolute atomic E-state index is 0.105. The molecule has 0 aliphatic carbocycles. The molecule has 3 aromatic rings. The van der Waals surface area contributed by atoms with Gasteiger partial charge in [0.05, 0.1) is 0 Å². The van der Waals surface area contributed by atoms with Gasteiger partial charge in [-0.3, -0.25) is 4.79 Å². The number of carbonyl (C=O) groups excluding carboxylic acids is 1. The van der Waals surface area contributed by atoms with Gasteiger partial charge in [0.2, 0.25) is 11.8 Å². The molecule has 0 bridgehead atoms. The fourth-order valence-electron chi connectivity index (χ4n) is 4.92. The number of carbonyl (C=O) groups is 1. The van der Waals surface area contributed by atoms with E-state index in [1.807, 2.05) is 30.3 Å². The topological polar surface area (TPSA) is 62.5 Å². The van der Waals surface area contributed by atoms with E-state index in [2.05, 4.69) is 50.3 Å². The van der Waals surface area contributed by atoms with Crippen molar-refractivity contribution in [2.45, 2.75) is 32.1 Å². The van der Waals surface area contributed by atoms with E-state index in [0.717, 1.165) is 63.8 Å². The molecular formula is C26H30N4O2. The number of nitrogens with zero attached hydrogens (tertiary/aromatic N) is 4. The number of likely N-dealkylation sites (tertiary alicyclic amines) is 1. The van der Waals surface area contributed by atoms with Crippen LogP contribution in [0, 0.1) is 11.8 Å². The quantitative estimate of drug-likeness (QED) is 0.599. The maximum atomic E-state index is 13.1. The Labute approximate surface area is 189 Å². The van der Waals surface area contributed by atoms with Gasteiger partial charge in [0.25, 0.3) is 0 Å². The summed E-state index contributed by atoms with van der Waals surface area (Å²) in [4.78, 5) is 17.3. The van der Waals surface area contributed by atoms with E-state index < -0.39 is 0 Å². The summed E-state index contributed by atoms with van der Waals surface area (Å²) in [6, 6.07) is 21.1. The number of aromatic nitrogens is 2. The highest BCUT2D eigenvalue weighted by Crippen LogP contribution is 2.28. The molecule has 2 aliphatic heterocycles. The predicted molar refractivity (Wildman–Crippen MR) is 124 cm³/mol. The van der Waals surface area contributed by atoms with E-state index in [4.69, 9.17) is 4.42 Å². The second-order valence-electron chi connectivity index (χ2n) is 8.98. The maximum absolute atomic E-state index is 13.1. The average Bonchev–Trinajstić information content (AvgIpc) is 3.36. The van der Waals surface area contributed by atoms with E-state index in [0.29, 0.717) is 23.7 Å². The monoisotopic (exact) mass is 430 g/mol. The smallest absolute Gasteiger partial charge is 0.318 e. The molecule has 0 radical (unpaired) electrons. The molecule has 6 nitrogen and oxygen atoms in total. The van der Waals surface area contributed by atoms with Gasteiger partial charge in [0.15, 0.2) is 0 Å². The van der Waals surface area contributed by atoms with Gasteiger partial charge in [-0.25, -0.2) is 0 Å². The second-order valence-corrected chi connectivity index (χ2v) is 8.98. The Morgan fingerprint density at radius 2 is 1.50 bits per heavy atom. The highest BCUT2D eigenvalue weighted by atomic mass is 16.4. The lowest BCUT2D eigenvalue weighted by atomic mass is 9.88.